The first kappa shape index (κ1) is 18.0. The van der Waals surface area contributed by atoms with Crippen LogP contribution in [-0.4, -0.2) is 38.2 Å². The predicted molar refractivity (Wildman–Crippen MR) is 93.8 cm³/mol. The molecular formula is C17H24N4O3. The smallest absolute Gasteiger partial charge is 0.319 e. The zero-order valence-corrected chi connectivity index (χ0v) is 13.6. The summed E-state index contributed by atoms with van der Waals surface area (Å²) in [6.07, 6.45) is 2.85. The van der Waals surface area contributed by atoms with Crippen molar-refractivity contribution >= 4 is 23.3 Å². The molecule has 1 aromatic carbocycles. The fraction of sp³-hybridized carbons (Fsp3) is 0.412. The van der Waals surface area contributed by atoms with E-state index in [2.05, 4.69) is 22.5 Å². The van der Waals surface area contributed by atoms with Crippen LogP contribution in [0.5, 0.6) is 0 Å². The molecule has 1 aliphatic heterocycles. The highest BCUT2D eigenvalue weighted by Crippen LogP contribution is 2.31. The van der Waals surface area contributed by atoms with Crippen LogP contribution in [0.2, 0.25) is 0 Å². The molecule has 0 unspecified atom stereocenters. The van der Waals surface area contributed by atoms with Gasteiger partial charge in [0.25, 0.3) is 0 Å². The minimum Gasteiger partial charge on any atom is -0.381 e. The van der Waals surface area contributed by atoms with E-state index in [1.54, 1.807) is 30.3 Å². The van der Waals surface area contributed by atoms with E-state index >= 15 is 0 Å². The molecule has 0 saturated carbocycles. The van der Waals surface area contributed by atoms with E-state index in [4.69, 9.17) is 10.5 Å². The SMILES string of the molecule is C=CCNC(=O)Nc1ccc(NC(=O)C2(CN)CCOCC2)cc1. The Morgan fingerprint density at radius 3 is 2.29 bits per heavy atom. The van der Waals surface area contributed by atoms with Crippen molar-refractivity contribution in [1.82, 2.24) is 5.32 Å². The second-order valence-electron chi connectivity index (χ2n) is 5.75. The van der Waals surface area contributed by atoms with Gasteiger partial charge in [-0.1, -0.05) is 6.08 Å². The van der Waals surface area contributed by atoms with E-state index in [-0.39, 0.29) is 11.9 Å². The Hall–Kier alpha value is -2.38. The molecule has 3 amide bonds. The molecule has 0 atom stereocenters. The standard InChI is InChI=1S/C17H24N4O3/c1-2-9-19-16(23)21-14-5-3-13(4-6-14)20-15(22)17(12-18)7-10-24-11-8-17/h2-6H,1,7-12,18H2,(H,20,22)(H2,19,21,23). The number of nitrogens with two attached hydrogens (primary N) is 1. The number of carbonyl (C=O) groups is 2. The number of ether oxygens (including phenoxy) is 1. The molecule has 0 aromatic heterocycles. The van der Waals surface area contributed by atoms with Crippen LogP contribution < -0.4 is 21.7 Å². The monoisotopic (exact) mass is 332 g/mol. The molecule has 5 N–H and O–H groups in total. The van der Waals surface area contributed by atoms with Gasteiger partial charge in [0.05, 0.1) is 5.41 Å². The zero-order chi connectivity index (χ0) is 17.4. The molecule has 1 heterocycles. The maximum Gasteiger partial charge on any atom is 0.319 e. The van der Waals surface area contributed by atoms with E-state index in [9.17, 15) is 9.59 Å². The number of rotatable bonds is 6. The Morgan fingerprint density at radius 1 is 1.17 bits per heavy atom. The number of benzene rings is 1. The van der Waals surface area contributed by atoms with Crippen molar-refractivity contribution in [2.24, 2.45) is 11.1 Å². The average Bonchev–Trinajstić information content (AvgIpc) is 2.62. The Balaban J connectivity index is 1.94. The van der Waals surface area contributed by atoms with Crippen molar-refractivity contribution in [3.05, 3.63) is 36.9 Å². The Labute approximate surface area is 141 Å². The van der Waals surface area contributed by atoms with Gasteiger partial charge >= 0.3 is 6.03 Å². The Morgan fingerprint density at radius 2 is 1.75 bits per heavy atom. The van der Waals surface area contributed by atoms with Crippen LogP contribution in [0.25, 0.3) is 0 Å². The van der Waals surface area contributed by atoms with Crippen LogP contribution in [0.1, 0.15) is 12.8 Å². The van der Waals surface area contributed by atoms with Gasteiger partial charge in [-0.2, -0.15) is 0 Å². The lowest BCUT2D eigenvalue weighted by atomic mass is 9.79. The molecule has 7 nitrogen and oxygen atoms in total. The fourth-order valence-corrected chi connectivity index (χ4v) is 2.53. The molecule has 0 bridgehead atoms. The van der Waals surface area contributed by atoms with Gasteiger partial charge in [0.2, 0.25) is 5.91 Å². The highest BCUT2D eigenvalue weighted by Gasteiger charge is 2.38. The van der Waals surface area contributed by atoms with Crippen molar-refractivity contribution in [2.45, 2.75) is 12.8 Å². The molecular weight excluding hydrogens is 308 g/mol. The number of urea groups is 1. The topological polar surface area (TPSA) is 105 Å². The van der Waals surface area contributed by atoms with Gasteiger partial charge in [0, 0.05) is 37.7 Å². The third-order valence-corrected chi connectivity index (χ3v) is 4.13. The van der Waals surface area contributed by atoms with Crippen LogP contribution in [0.4, 0.5) is 16.2 Å². The second kappa shape index (κ2) is 8.47. The minimum atomic E-state index is -0.570. The largest absolute Gasteiger partial charge is 0.381 e. The van der Waals surface area contributed by atoms with Crippen molar-refractivity contribution in [3.63, 3.8) is 0 Å². The summed E-state index contributed by atoms with van der Waals surface area (Å²) in [6.45, 7) is 5.32. The first-order chi connectivity index (χ1) is 11.6. The quantitative estimate of drug-likeness (QED) is 0.595. The number of amides is 3. The number of anilines is 2. The van der Waals surface area contributed by atoms with Crippen LogP contribution in [0.3, 0.4) is 0 Å². The van der Waals surface area contributed by atoms with E-state index < -0.39 is 5.41 Å². The molecule has 1 saturated heterocycles. The lowest BCUT2D eigenvalue weighted by molar-refractivity contribution is -0.130. The maximum atomic E-state index is 12.6. The van der Waals surface area contributed by atoms with Gasteiger partial charge in [-0.15, -0.1) is 6.58 Å². The molecule has 0 aliphatic carbocycles. The van der Waals surface area contributed by atoms with E-state index in [1.807, 2.05) is 0 Å². The van der Waals surface area contributed by atoms with E-state index in [0.717, 1.165) is 0 Å². The summed E-state index contributed by atoms with van der Waals surface area (Å²) in [5.41, 5.74) is 6.56. The molecule has 0 spiro atoms. The lowest BCUT2D eigenvalue weighted by Gasteiger charge is -2.34. The van der Waals surface area contributed by atoms with E-state index in [1.165, 1.54) is 0 Å². The van der Waals surface area contributed by atoms with Gasteiger partial charge in [0.15, 0.2) is 0 Å². The first-order valence-corrected chi connectivity index (χ1v) is 7.95. The van der Waals surface area contributed by atoms with Crippen molar-refractivity contribution in [3.8, 4) is 0 Å². The minimum absolute atomic E-state index is 0.0854. The van der Waals surface area contributed by atoms with Crippen LogP contribution in [0, 0.1) is 5.41 Å². The summed E-state index contributed by atoms with van der Waals surface area (Å²) < 4.78 is 5.32. The summed E-state index contributed by atoms with van der Waals surface area (Å²) in [5.74, 6) is -0.0854. The third-order valence-electron chi connectivity index (χ3n) is 4.13. The highest BCUT2D eigenvalue weighted by molar-refractivity contribution is 5.96. The van der Waals surface area contributed by atoms with E-state index in [0.29, 0.717) is 50.5 Å². The predicted octanol–water partition coefficient (Wildman–Crippen LogP) is 1.69. The molecule has 24 heavy (non-hydrogen) atoms. The molecule has 1 aromatic rings. The molecule has 2 rings (SSSR count). The molecule has 7 heteroatoms. The molecule has 0 radical (unpaired) electrons. The number of carbonyl (C=O) groups excluding carboxylic acids is 2. The van der Waals surface area contributed by atoms with Crippen LogP contribution in [0.15, 0.2) is 36.9 Å². The maximum absolute atomic E-state index is 12.6. The van der Waals surface area contributed by atoms with Gasteiger partial charge in [0.1, 0.15) is 0 Å². The van der Waals surface area contributed by atoms with Crippen molar-refractivity contribution in [1.29, 1.82) is 0 Å². The number of hydrogen-bond acceptors (Lipinski definition) is 4. The van der Waals surface area contributed by atoms with Gasteiger partial charge in [-0.25, -0.2) is 4.79 Å². The third kappa shape index (κ3) is 4.56. The number of hydrogen-bond donors (Lipinski definition) is 4. The van der Waals surface area contributed by atoms with Gasteiger partial charge in [-0.05, 0) is 37.1 Å². The zero-order valence-electron chi connectivity index (χ0n) is 13.6. The van der Waals surface area contributed by atoms with Gasteiger partial charge in [-0.3, -0.25) is 4.79 Å². The average molecular weight is 332 g/mol. The van der Waals surface area contributed by atoms with Crippen LogP contribution >= 0.6 is 0 Å². The highest BCUT2D eigenvalue weighted by atomic mass is 16.5. The van der Waals surface area contributed by atoms with Crippen molar-refractivity contribution in [2.75, 3.05) is 36.9 Å². The summed E-state index contributed by atoms with van der Waals surface area (Å²) in [5, 5.41) is 8.21. The number of nitrogens with one attached hydrogen (secondary N) is 3. The van der Waals surface area contributed by atoms with Crippen molar-refractivity contribution < 1.29 is 14.3 Å². The molecule has 1 fully saturated rings. The summed E-state index contributed by atoms with van der Waals surface area (Å²) in [4.78, 5) is 24.1. The molecule has 1 aliphatic rings. The fourth-order valence-electron chi connectivity index (χ4n) is 2.53. The summed E-state index contributed by atoms with van der Waals surface area (Å²) in [6, 6.07) is 6.62. The Bertz CT molecular complexity index is 580. The normalized spacial score (nSPS) is 16.0. The molecule has 130 valence electrons. The van der Waals surface area contributed by atoms with Crippen LogP contribution in [-0.2, 0) is 9.53 Å². The summed E-state index contributed by atoms with van der Waals surface area (Å²) in [7, 11) is 0. The Kier molecular flexibility index (Phi) is 6.34. The van der Waals surface area contributed by atoms with Gasteiger partial charge < -0.3 is 26.4 Å². The lowest BCUT2D eigenvalue weighted by Crippen LogP contribution is -2.46. The summed E-state index contributed by atoms with van der Waals surface area (Å²) >= 11 is 0. The first-order valence-electron chi connectivity index (χ1n) is 7.95. The second-order valence-corrected chi connectivity index (χ2v) is 5.75.